The quantitative estimate of drug-likeness (QED) is 0.583. The Bertz CT molecular complexity index is 290. The molecule has 1 atom stereocenters. The van der Waals surface area contributed by atoms with Crippen molar-refractivity contribution >= 4 is 5.91 Å². The number of primary amides is 1. The zero-order valence-corrected chi connectivity index (χ0v) is 12.6. The summed E-state index contributed by atoms with van der Waals surface area (Å²) in [6, 6.07) is 0.198. The van der Waals surface area contributed by atoms with Crippen LogP contribution < -0.4 is 11.1 Å². The van der Waals surface area contributed by atoms with Gasteiger partial charge in [0.2, 0.25) is 5.91 Å². The second kappa shape index (κ2) is 7.22. The average molecular weight is 272 g/mol. The van der Waals surface area contributed by atoms with Crippen LogP contribution in [0.2, 0.25) is 0 Å². The van der Waals surface area contributed by atoms with E-state index in [4.69, 9.17) is 15.2 Å². The van der Waals surface area contributed by atoms with E-state index in [1.807, 2.05) is 27.7 Å². The largest absolute Gasteiger partial charge is 0.377 e. The summed E-state index contributed by atoms with van der Waals surface area (Å²) in [6.07, 6.45) is 2.27. The Labute approximate surface area is 116 Å². The number of hydrogen-bond acceptors (Lipinski definition) is 4. The van der Waals surface area contributed by atoms with E-state index in [0.29, 0.717) is 25.7 Å². The third-order valence-corrected chi connectivity index (χ3v) is 3.27. The molecule has 1 aliphatic carbocycles. The molecule has 1 aliphatic rings. The standard InChI is InChI=1S/C14H28N2O3/c1-10(2)16-14(13(15)17,12-5-6-12)9-18-7-8-19-11(3)4/h10-12,16H,5-9H2,1-4H3,(H2,15,17). The summed E-state index contributed by atoms with van der Waals surface area (Å²) in [5, 5.41) is 3.31. The number of amides is 1. The summed E-state index contributed by atoms with van der Waals surface area (Å²) in [7, 11) is 0. The van der Waals surface area contributed by atoms with Crippen LogP contribution in [0.5, 0.6) is 0 Å². The molecule has 0 saturated heterocycles. The molecule has 0 bridgehead atoms. The number of carbonyl (C=O) groups is 1. The number of nitrogens with two attached hydrogens (primary N) is 1. The maximum absolute atomic E-state index is 11.9. The number of ether oxygens (including phenoxy) is 2. The highest BCUT2D eigenvalue weighted by Crippen LogP contribution is 2.40. The third kappa shape index (κ3) is 5.09. The SMILES string of the molecule is CC(C)NC(COCCOC(C)C)(C(N)=O)C1CC1. The molecule has 0 heterocycles. The van der Waals surface area contributed by atoms with Crippen LogP contribution in [0.15, 0.2) is 0 Å². The van der Waals surface area contributed by atoms with Crippen LogP contribution >= 0.6 is 0 Å². The fraction of sp³-hybridized carbons (Fsp3) is 0.929. The van der Waals surface area contributed by atoms with Gasteiger partial charge in [-0.25, -0.2) is 0 Å². The lowest BCUT2D eigenvalue weighted by molar-refractivity contribution is -0.129. The Morgan fingerprint density at radius 3 is 2.37 bits per heavy atom. The molecule has 0 aromatic carbocycles. The monoisotopic (exact) mass is 272 g/mol. The third-order valence-electron chi connectivity index (χ3n) is 3.27. The lowest BCUT2D eigenvalue weighted by Gasteiger charge is -2.33. The van der Waals surface area contributed by atoms with E-state index in [1.54, 1.807) is 0 Å². The molecule has 1 fully saturated rings. The minimum Gasteiger partial charge on any atom is -0.377 e. The second-order valence-electron chi connectivity index (χ2n) is 5.88. The highest BCUT2D eigenvalue weighted by molar-refractivity contribution is 5.85. The van der Waals surface area contributed by atoms with E-state index >= 15 is 0 Å². The van der Waals surface area contributed by atoms with E-state index in [1.165, 1.54) is 0 Å². The Balaban J connectivity index is 2.47. The average Bonchev–Trinajstić information content (AvgIpc) is 3.09. The first kappa shape index (κ1) is 16.4. The molecule has 1 unspecified atom stereocenters. The van der Waals surface area contributed by atoms with Crippen molar-refractivity contribution in [3.05, 3.63) is 0 Å². The fourth-order valence-corrected chi connectivity index (χ4v) is 2.29. The van der Waals surface area contributed by atoms with Crippen molar-refractivity contribution in [3.63, 3.8) is 0 Å². The predicted octanol–water partition coefficient (Wildman–Crippen LogP) is 1.06. The summed E-state index contributed by atoms with van der Waals surface area (Å²) in [6.45, 7) is 9.35. The van der Waals surface area contributed by atoms with E-state index in [9.17, 15) is 4.79 Å². The van der Waals surface area contributed by atoms with Crippen molar-refractivity contribution in [1.82, 2.24) is 5.32 Å². The molecule has 1 amide bonds. The van der Waals surface area contributed by atoms with Crippen LogP contribution in [0.25, 0.3) is 0 Å². The Hall–Kier alpha value is -0.650. The number of nitrogens with one attached hydrogen (secondary N) is 1. The molecule has 0 aliphatic heterocycles. The van der Waals surface area contributed by atoms with Crippen LogP contribution in [0.4, 0.5) is 0 Å². The van der Waals surface area contributed by atoms with Gasteiger partial charge in [0, 0.05) is 6.04 Å². The minimum atomic E-state index is -0.716. The van der Waals surface area contributed by atoms with Gasteiger partial charge in [-0.3, -0.25) is 10.1 Å². The molecule has 112 valence electrons. The molecule has 3 N–H and O–H groups in total. The summed E-state index contributed by atoms with van der Waals surface area (Å²) in [4.78, 5) is 11.9. The van der Waals surface area contributed by atoms with Gasteiger partial charge in [0.1, 0.15) is 5.54 Å². The lowest BCUT2D eigenvalue weighted by atomic mass is 9.92. The smallest absolute Gasteiger partial charge is 0.240 e. The van der Waals surface area contributed by atoms with Crippen LogP contribution in [0, 0.1) is 5.92 Å². The summed E-state index contributed by atoms with van der Waals surface area (Å²) < 4.78 is 11.0. The molecule has 19 heavy (non-hydrogen) atoms. The first-order valence-electron chi connectivity index (χ1n) is 7.15. The van der Waals surface area contributed by atoms with Gasteiger partial charge >= 0.3 is 0 Å². The zero-order chi connectivity index (χ0) is 14.5. The first-order chi connectivity index (χ1) is 8.88. The molecule has 0 spiro atoms. The Kier molecular flexibility index (Phi) is 6.23. The van der Waals surface area contributed by atoms with Gasteiger partial charge in [0.05, 0.1) is 25.9 Å². The zero-order valence-electron chi connectivity index (χ0n) is 12.6. The highest BCUT2D eigenvalue weighted by Gasteiger charge is 2.50. The first-order valence-corrected chi connectivity index (χ1v) is 7.15. The number of carbonyl (C=O) groups excluding carboxylic acids is 1. The normalized spacial score (nSPS) is 18.8. The van der Waals surface area contributed by atoms with Gasteiger partial charge in [0.15, 0.2) is 0 Å². The predicted molar refractivity (Wildman–Crippen MR) is 74.8 cm³/mol. The van der Waals surface area contributed by atoms with E-state index in [0.717, 1.165) is 12.8 Å². The van der Waals surface area contributed by atoms with Crippen LogP contribution in [0.3, 0.4) is 0 Å². The van der Waals surface area contributed by atoms with E-state index in [2.05, 4.69) is 5.32 Å². The number of rotatable bonds is 10. The highest BCUT2D eigenvalue weighted by atomic mass is 16.5. The maximum atomic E-state index is 11.9. The van der Waals surface area contributed by atoms with Crippen LogP contribution in [-0.4, -0.2) is 43.4 Å². The van der Waals surface area contributed by atoms with Crippen LogP contribution in [-0.2, 0) is 14.3 Å². The molecule has 1 saturated carbocycles. The molecular formula is C14H28N2O3. The molecule has 0 aromatic rings. The van der Waals surface area contributed by atoms with Crippen molar-refractivity contribution in [3.8, 4) is 0 Å². The van der Waals surface area contributed by atoms with Crippen molar-refractivity contribution < 1.29 is 14.3 Å². The van der Waals surface area contributed by atoms with Crippen molar-refractivity contribution in [2.24, 2.45) is 11.7 Å². The summed E-state index contributed by atoms with van der Waals surface area (Å²) >= 11 is 0. The second-order valence-corrected chi connectivity index (χ2v) is 5.88. The molecule has 5 heteroatoms. The molecule has 0 aromatic heterocycles. The Morgan fingerprint density at radius 1 is 1.32 bits per heavy atom. The van der Waals surface area contributed by atoms with Gasteiger partial charge < -0.3 is 15.2 Å². The molecule has 5 nitrogen and oxygen atoms in total. The van der Waals surface area contributed by atoms with Crippen molar-refractivity contribution in [2.75, 3.05) is 19.8 Å². The van der Waals surface area contributed by atoms with Crippen molar-refractivity contribution in [1.29, 1.82) is 0 Å². The van der Waals surface area contributed by atoms with Gasteiger partial charge in [0.25, 0.3) is 0 Å². The minimum absolute atomic E-state index is 0.196. The fourth-order valence-electron chi connectivity index (χ4n) is 2.29. The van der Waals surface area contributed by atoms with E-state index < -0.39 is 5.54 Å². The molecule has 0 radical (unpaired) electrons. The van der Waals surface area contributed by atoms with E-state index in [-0.39, 0.29) is 18.1 Å². The lowest BCUT2D eigenvalue weighted by Crippen LogP contribution is -2.62. The van der Waals surface area contributed by atoms with Gasteiger partial charge in [-0.1, -0.05) is 0 Å². The van der Waals surface area contributed by atoms with Gasteiger partial charge in [-0.2, -0.15) is 0 Å². The van der Waals surface area contributed by atoms with Gasteiger partial charge in [-0.15, -0.1) is 0 Å². The number of hydrogen-bond donors (Lipinski definition) is 2. The topological polar surface area (TPSA) is 73.6 Å². The maximum Gasteiger partial charge on any atom is 0.240 e. The summed E-state index contributed by atoms with van der Waals surface area (Å²) in [5.41, 5.74) is 4.89. The molecular weight excluding hydrogens is 244 g/mol. The Morgan fingerprint density at radius 2 is 1.95 bits per heavy atom. The summed E-state index contributed by atoms with van der Waals surface area (Å²) in [5.74, 6) is -0.00750. The van der Waals surface area contributed by atoms with Crippen LogP contribution in [0.1, 0.15) is 40.5 Å². The van der Waals surface area contributed by atoms with Crippen molar-refractivity contribution in [2.45, 2.75) is 58.2 Å². The molecule has 1 rings (SSSR count). The van der Waals surface area contributed by atoms with Gasteiger partial charge in [-0.05, 0) is 46.5 Å².